The van der Waals surface area contributed by atoms with E-state index in [-0.39, 0.29) is 24.2 Å². The van der Waals surface area contributed by atoms with E-state index in [0.717, 1.165) is 25.7 Å². The number of nitrogens with one attached hydrogen (secondary N) is 2. The van der Waals surface area contributed by atoms with Crippen LogP contribution in [0.1, 0.15) is 42.5 Å². The molecule has 1 aliphatic rings. The van der Waals surface area contributed by atoms with Crippen LogP contribution in [-0.4, -0.2) is 46.9 Å². The highest BCUT2D eigenvalue weighted by Crippen LogP contribution is 2.27. The lowest BCUT2D eigenvalue weighted by Gasteiger charge is -2.22. The highest BCUT2D eigenvalue weighted by Gasteiger charge is 2.20. The van der Waals surface area contributed by atoms with Gasteiger partial charge in [-0.15, -0.1) is 0 Å². The van der Waals surface area contributed by atoms with Gasteiger partial charge in [0.2, 0.25) is 10.0 Å². The van der Waals surface area contributed by atoms with Gasteiger partial charge < -0.3 is 14.8 Å². The van der Waals surface area contributed by atoms with Crippen LogP contribution in [0.4, 0.5) is 0 Å². The summed E-state index contributed by atoms with van der Waals surface area (Å²) in [6.45, 7) is 0.0508. The van der Waals surface area contributed by atoms with Gasteiger partial charge in [-0.25, -0.2) is 13.1 Å². The Kier molecular flexibility index (Phi) is 7.07. The van der Waals surface area contributed by atoms with Gasteiger partial charge in [-0.1, -0.05) is 19.3 Å². The average molecular weight is 370 g/mol. The Morgan fingerprint density at radius 3 is 2.44 bits per heavy atom. The first-order valence-corrected chi connectivity index (χ1v) is 10.1. The Morgan fingerprint density at radius 1 is 1.12 bits per heavy atom. The van der Waals surface area contributed by atoms with Crippen molar-refractivity contribution in [1.82, 2.24) is 10.0 Å². The van der Waals surface area contributed by atoms with Crippen molar-refractivity contribution in [3.63, 3.8) is 0 Å². The lowest BCUT2D eigenvalue weighted by atomic mass is 9.96. The zero-order chi connectivity index (χ0) is 18.3. The van der Waals surface area contributed by atoms with E-state index in [1.807, 2.05) is 0 Å². The van der Waals surface area contributed by atoms with Crippen molar-refractivity contribution in [2.24, 2.45) is 0 Å². The molecule has 1 aromatic carbocycles. The van der Waals surface area contributed by atoms with Crippen LogP contribution in [0.5, 0.6) is 11.5 Å². The molecule has 0 aliphatic heterocycles. The van der Waals surface area contributed by atoms with E-state index in [9.17, 15) is 13.2 Å². The molecule has 0 radical (unpaired) electrons. The summed E-state index contributed by atoms with van der Waals surface area (Å²) >= 11 is 0. The second kappa shape index (κ2) is 9.05. The number of ether oxygens (including phenoxy) is 2. The minimum atomic E-state index is -3.39. The van der Waals surface area contributed by atoms with Gasteiger partial charge in [0.05, 0.1) is 20.0 Å². The first kappa shape index (κ1) is 19.5. The molecular formula is C17H26N2O5S. The SMILES string of the molecule is COc1ccc(C(=O)NCCS(=O)(=O)NC2CCCCC2)cc1OC. The summed E-state index contributed by atoms with van der Waals surface area (Å²) in [5.74, 6) is 0.483. The lowest BCUT2D eigenvalue weighted by Crippen LogP contribution is -2.40. The predicted octanol–water partition coefficient (Wildman–Crippen LogP) is 1.69. The van der Waals surface area contributed by atoms with Crippen molar-refractivity contribution >= 4 is 15.9 Å². The van der Waals surface area contributed by atoms with Gasteiger partial charge in [0, 0.05) is 18.2 Å². The van der Waals surface area contributed by atoms with Gasteiger partial charge in [0.25, 0.3) is 5.91 Å². The molecule has 0 unspecified atom stereocenters. The fraction of sp³-hybridized carbons (Fsp3) is 0.588. The van der Waals surface area contributed by atoms with Crippen molar-refractivity contribution in [2.75, 3.05) is 26.5 Å². The van der Waals surface area contributed by atoms with E-state index < -0.39 is 10.0 Å². The van der Waals surface area contributed by atoms with E-state index in [1.54, 1.807) is 18.2 Å². The van der Waals surface area contributed by atoms with Crippen molar-refractivity contribution in [2.45, 2.75) is 38.1 Å². The minimum Gasteiger partial charge on any atom is -0.493 e. The van der Waals surface area contributed by atoms with Crippen molar-refractivity contribution in [3.05, 3.63) is 23.8 Å². The maximum absolute atomic E-state index is 12.2. The molecule has 140 valence electrons. The Balaban J connectivity index is 1.85. The van der Waals surface area contributed by atoms with Gasteiger partial charge in [-0.3, -0.25) is 4.79 Å². The summed E-state index contributed by atoms with van der Waals surface area (Å²) in [5.41, 5.74) is 0.385. The molecule has 7 nitrogen and oxygen atoms in total. The maximum Gasteiger partial charge on any atom is 0.251 e. The monoisotopic (exact) mass is 370 g/mol. The lowest BCUT2D eigenvalue weighted by molar-refractivity contribution is 0.0955. The minimum absolute atomic E-state index is 0.0281. The molecule has 0 saturated heterocycles. The van der Waals surface area contributed by atoms with Crippen LogP contribution < -0.4 is 19.5 Å². The Bertz CT molecular complexity index is 684. The third-order valence-electron chi connectivity index (χ3n) is 4.25. The maximum atomic E-state index is 12.2. The van der Waals surface area contributed by atoms with Crippen LogP contribution in [0.3, 0.4) is 0 Å². The molecule has 0 spiro atoms. The van der Waals surface area contributed by atoms with Crippen molar-refractivity contribution in [3.8, 4) is 11.5 Å². The number of benzene rings is 1. The zero-order valence-corrected chi connectivity index (χ0v) is 15.5. The Labute approximate surface area is 149 Å². The topological polar surface area (TPSA) is 93.7 Å². The average Bonchev–Trinajstić information content (AvgIpc) is 2.61. The number of carbonyl (C=O) groups excluding carboxylic acids is 1. The highest BCUT2D eigenvalue weighted by molar-refractivity contribution is 7.89. The number of carbonyl (C=O) groups is 1. The largest absolute Gasteiger partial charge is 0.493 e. The quantitative estimate of drug-likeness (QED) is 0.726. The first-order valence-electron chi connectivity index (χ1n) is 8.45. The molecule has 25 heavy (non-hydrogen) atoms. The molecule has 0 atom stereocenters. The standard InChI is InChI=1S/C17H26N2O5S/c1-23-15-9-8-13(12-16(15)24-2)17(20)18-10-11-25(21,22)19-14-6-4-3-5-7-14/h8-9,12,14,19H,3-7,10-11H2,1-2H3,(H,18,20). The summed E-state index contributed by atoms with van der Waals surface area (Å²) < 4.78 is 37.2. The second-order valence-electron chi connectivity index (χ2n) is 6.10. The summed E-state index contributed by atoms with van der Waals surface area (Å²) in [4.78, 5) is 12.2. The van der Waals surface area contributed by atoms with Crippen LogP contribution in [0, 0.1) is 0 Å². The Hall–Kier alpha value is -1.80. The molecule has 0 heterocycles. The summed E-state index contributed by atoms with van der Waals surface area (Å²) in [7, 11) is -0.387. The number of methoxy groups -OCH3 is 2. The molecule has 8 heteroatoms. The predicted molar refractivity (Wildman–Crippen MR) is 95.7 cm³/mol. The van der Waals surface area contributed by atoms with Gasteiger partial charge in [-0.2, -0.15) is 0 Å². The van der Waals surface area contributed by atoms with E-state index in [4.69, 9.17) is 9.47 Å². The number of hydrogen-bond donors (Lipinski definition) is 2. The molecule has 2 rings (SSSR count). The molecule has 0 bridgehead atoms. The smallest absolute Gasteiger partial charge is 0.251 e. The highest BCUT2D eigenvalue weighted by atomic mass is 32.2. The van der Waals surface area contributed by atoms with Gasteiger partial charge in [0.1, 0.15) is 0 Å². The Morgan fingerprint density at radius 2 is 1.80 bits per heavy atom. The number of amides is 1. The second-order valence-corrected chi connectivity index (χ2v) is 7.97. The van der Waals surface area contributed by atoms with Crippen LogP contribution in [0.25, 0.3) is 0 Å². The number of hydrogen-bond acceptors (Lipinski definition) is 5. The van der Waals surface area contributed by atoms with Gasteiger partial charge >= 0.3 is 0 Å². The summed E-state index contributed by atoms with van der Waals surface area (Å²) in [6.07, 6.45) is 5.06. The fourth-order valence-corrected chi connectivity index (χ4v) is 4.14. The van der Waals surface area contributed by atoms with Gasteiger partial charge in [0.15, 0.2) is 11.5 Å². The molecule has 2 N–H and O–H groups in total. The normalized spacial score (nSPS) is 15.6. The molecular weight excluding hydrogens is 344 g/mol. The summed E-state index contributed by atoms with van der Waals surface area (Å²) in [5, 5.41) is 2.63. The van der Waals surface area contributed by atoms with E-state index in [2.05, 4.69) is 10.0 Å². The molecule has 1 saturated carbocycles. The van der Waals surface area contributed by atoms with Crippen LogP contribution in [0.15, 0.2) is 18.2 Å². The van der Waals surface area contributed by atoms with Crippen LogP contribution >= 0.6 is 0 Å². The number of sulfonamides is 1. The van der Waals surface area contributed by atoms with E-state index in [1.165, 1.54) is 20.6 Å². The molecule has 1 fully saturated rings. The van der Waals surface area contributed by atoms with Crippen LogP contribution in [0.2, 0.25) is 0 Å². The molecule has 1 amide bonds. The molecule has 1 aliphatic carbocycles. The number of rotatable bonds is 8. The van der Waals surface area contributed by atoms with E-state index in [0.29, 0.717) is 17.1 Å². The first-order chi connectivity index (χ1) is 11.9. The fourth-order valence-electron chi connectivity index (χ4n) is 2.91. The summed E-state index contributed by atoms with van der Waals surface area (Å²) in [6, 6.07) is 4.82. The van der Waals surface area contributed by atoms with Crippen molar-refractivity contribution < 1.29 is 22.7 Å². The van der Waals surface area contributed by atoms with Crippen LogP contribution in [-0.2, 0) is 10.0 Å². The zero-order valence-electron chi connectivity index (χ0n) is 14.7. The van der Waals surface area contributed by atoms with Gasteiger partial charge in [-0.05, 0) is 31.0 Å². The molecule has 0 aromatic heterocycles. The van der Waals surface area contributed by atoms with Crippen molar-refractivity contribution in [1.29, 1.82) is 0 Å². The van der Waals surface area contributed by atoms with E-state index >= 15 is 0 Å². The third-order valence-corrected chi connectivity index (χ3v) is 5.69. The molecule has 1 aromatic rings. The third kappa shape index (κ3) is 5.89.